The maximum absolute atomic E-state index is 11.2. The summed E-state index contributed by atoms with van der Waals surface area (Å²) < 4.78 is 2.76. The summed E-state index contributed by atoms with van der Waals surface area (Å²) in [5.41, 5.74) is 1.65. The molecule has 0 atom stereocenters. The van der Waals surface area contributed by atoms with Gasteiger partial charge in [-0.05, 0) is 18.6 Å². The van der Waals surface area contributed by atoms with Crippen molar-refractivity contribution in [1.82, 2.24) is 20.0 Å². The van der Waals surface area contributed by atoms with Gasteiger partial charge in [-0.15, -0.1) is 16.4 Å². The average Bonchev–Trinajstić information content (AvgIpc) is 3.03. The highest BCUT2D eigenvalue weighted by Gasteiger charge is 2.19. The van der Waals surface area contributed by atoms with Crippen LogP contribution in [0.15, 0.2) is 24.3 Å². The van der Waals surface area contributed by atoms with Crippen LogP contribution in [0.5, 0.6) is 0 Å². The second-order valence-corrected chi connectivity index (χ2v) is 5.79. The van der Waals surface area contributed by atoms with Gasteiger partial charge in [-0.1, -0.05) is 30.7 Å². The summed E-state index contributed by atoms with van der Waals surface area (Å²) in [6.07, 6.45) is 1.48. The molecule has 2 aromatic heterocycles. The number of fused-ring (bicyclic) bond motifs is 1. The largest absolute Gasteiger partial charge is 0.476 e. The molecule has 6 nitrogen and oxygen atoms in total. The molecule has 0 bridgehead atoms. The van der Waals surface area contributed by atoms with Gasteiger partial charge in [0.2, 0.25) is 0 Å². The number of para-hydroxylation sites is 1. The van der Waals surface area contributed by atoms with Gasteiger partial charge in [0, 0.05) is 0 Å². The maximum Gasteiger partial charge on any atom is 0.358 e. The van der Waals surface area contributed by atoms with E-state index in [1.165, 1.54) is 0 Å². The van der Waals surface area contributed by atoms with E-state index in [-0.39, 0.29) is 5.69 Å². The van der Waals surface area contributed by atoms with Crippen molar-refractivity contribution in [2.45, 2.75) is 26.3 Å². The highest BCUT2D eigenvalue weighted by Crippen LogP contribution is 2.22. The molecule has 3 aromatic rings. The number of carboxylic acid groups (broad SMARTS) is 1. The fraction of sp³-hybridized carbons (Fsp3) is 0.286. The lowest BCUT2D eigenvalue weighted by Crippen LogP contribution is -2.09. The van der Waals surface area contributed by atoms with Crippen molar-refractivity contribution in [1.29, 1.82) is 0 Å². The van der Waals surface area contributed by atoms with Crippen LogP contribution in [0.1, 0.15) is 34.5 Å². The SMILES string of the molecule is CCCc1c(C(=O)O)nnn1Cc1nc2ccccc2s1. The third kappa shape index (κ3) is 2.64. The molecule has 0 spiro atoms. The summed E-state index contributed by atoms with van der Waals surface area (Å²) in [5.74, 6) is -1.03. The minimum absolute atomic E-state index is 0.0398. The standard InChI is InChI=1S/C14H14N4O2S/c1-2-5-10-13(14(19)20)16-17-18(10)8-12-15-9-6-3-4-7-11(9)21-12/h3-4,6-7H,2,5,8H2,1H3,(H,19,20). The number of carbonyl (C=O) groups is 1. The summed E-state index contributed by atoms with van der Waals surface area (Å²) >= 11 is 1.59. The first-order valence-corrected chi connectivity index (χ1v) is 7.50. The molecule has 0 amide bonds. The summed E-state index contributed by atoms with van der Waals surface area (Å²) in [6, 6.07) is 7.91. The molecule has 0 unspecified atom stereocenters. The van der Waals surface area contributed by atoms with Gasteiger partial charge in [-0.3, -0.25) is 0 Å². The Labute approximate surface area is 125 Å². The molecule has 2 heterocycles. The Morgan fingerprint density at radius 2 is 2.19 bits per heavy atom. The monoisotopic (exact) mass is 302 g/mol. The average molecular weight is 302 g/mol. The molecule has 0 saturated carbocycles. The van der Waals surface area contributed by atoms with Crippen molar-refractivity contribution in [3.05, 3.63) is 40.7 Å². The zero-order chi connectivity index (χ0) is 14.8. The van der Waals surface area contributed by atoms with E-state index in [0.29, 0.717) is 18.7 Å². The molecule has 0 aliphatic heterocycles. The molecule has 0 aliphatic carbocycles. The minimum Gasteiger partial charge on any atom is -0.476 e. The number of thiazole rings is 1. The molecule has 21 heavy (non-hydrogen) atoms. The summed E-state index contributed by atoms with van der Waals surface area (Å²) in [5, 5.41) is 17.8. The molecular formula is C14H14N4O2S. The van der Waals surface area contributed by atoms with Crippen LogP contribution >= 0.6 is 11.3 Å². The molecule has 1 aromatic carbocycles. The summed E-state index contributed by atoms with van der Waals surface area (Å²) in [6.45, 7) is 2.45. The lowest BCUT2D eigenvalue weighted by Gasteiger charge is -2.03. The Morgan fingerprint density at radius 1 is 1.38 bits per heavy atom. The Morgan fingerprint density at radius 3 is 2.90 bits per heavy atom. The lowest BCUT2D eigenvalue weighted by molar-refractivity contribution is 0.0689. The van der Waals surface area contributed by atoms with Crippen molar-refractivity contribution in [3.63, 3.8) is 0 Å². The number of rotatable bonds is 5. The predicted octanol–water partition coefficient (Wildman–Crippen LogP) is 2.59. The van der Waals surface area contributed by atoms with Crippen LogP contribution in [0.3, 0.4) is 0 Å². The van der Waals surface area contributed by atoms with Gasteiger partial charge in [0.05, 0.1) is 22.5 Å². The molecular weight excluding hydrogens is 288 g/mol. The van der Waals surface area contributed by atoms with Gasteiger partial charge in [-0.25, -0.2) is 14.5 Å². The van der Waals surface area contributed by atoms with Gasteiger partial charge >= 0.3 is 5.97 Å². The topological polar surface area (TPSA) is 80.9 Å². The predicted molar refractivity (Wildman–Crippen MR) is 79.7 cm³/mol. The second-order valence-electron chi connectivity index (χ2n) is 4.67. The molecule has 0 saturated heterocycles. The maximum atomic E-state index is 11.2. The minimum atomic E-state index is -1.03. The van der Waals surface area contributed by atoms with E-state index in [1.54, 1.807) is 16.0 Å². The molecule has 0 radical (unpaired) electrons. The number of carboxylic acids is 1. The van der Waals surface area contributed by atoms with Crippen LogP contribution in [0.25, 0.3) is 10.2 Å². The normalized spacial score (nSPS) is 11.1. The second kappa shape index (κ2) is 5.61. The molecule has 1 N–H and O–H groups in total. The number of benzene rings is 1. The van der Waals surface area contributed by atoms with E-state index in [1.807, 2.05) is 31.2 Å². The third-order valence-corrected chi connectivity index (χ3v) is 4.17. The van der Waals surface area contributed by atoms with E-state index in [2.05, 4.69) is 15.3 Å². The Hall–Kier alpha value is -2.28. The zero-order valence-electron chi connectivity index (χ0n) is 11.5. The van der Waals surface area contributed by atoms with Crippen molar-refractivity contribution >= 4 is 27.5 Å². The third-order valence-electron chi connectivity index (χ3n) is 3.15. The van der Waals surface area contributed by atoms with Crippen LogP contribution in [0.2, 0.25) is 0 Å². The van der Waals surface area contributed by atoms with Crippen molar-refractivity contribution in [2.24, 2.45) is 0 Å². The van der Waals surface area contributed by atoms with Gasteiger partial charge < -0.3 is 5.11 Å². The van der Waals surface area contributed by atoms with E-state index in [0.717, 1.165) is 21.6 Å². The number of aromatic nitrogens is 4. The van der Waals surface area contributed by atoms with Crippen molar-refractivity contribution in [3.8, 4) is 0 Å². The van der Waals surface area contributed by atoms with E-state index >= 15 is 0 Å². The van der Waals surface area contributed by atoms with Crippen molar-refractivity contribution in [2.75, 3.05) is 0 Å². The molecule has 7 heteroatoms. The quantitative estimate of drug-likeness (QED) is 0.783. The molecule has 3 rings (SSSR count). The van der Waals surface area contributed by atoms with E-state index in [9.17, 15) is 4.79 Å². The Bertz CT molecular complexity index is 760. The van der Waals surface area contributed by atoms with E-state index in [4.69, 9.17) is 5.11 Å². The van der Waals surface area contributed by atoms with Crippen LogP contribution in [-0.4, -0.2) is 31.1 Å². The fourth-order valence-electron chi connectivity index (χ4n) is 2.23. The van der Waals surface area contributed by atoms with Crippen LogP contribution in [-0.2, 0) is 13.0 Å². The zero-order valence-corrected chi connectivity index (χ0v) is 12.3. The van der Waals surface area contributed by atoms with E-state index < -0.39 is 5.97 Å². The van der Waals surface area contributed by atoms with Crippen LogP contribution < -0.4 is 0 Å². The lowest BCUT2D eigenvalue weighted by atomic mass is 10.2. The van der Waals surface area contributed by atoms with Crippen LogP contribution in [0.4, 0.5) is 0 Å². The van der Waals surface area contributed by atoms with Crippen LogP contribution in [0, 0.1) is 0 Å². The number of hydrogen-bond acceptors (Lipinski definition) is 5. The number of hydrogen-bond donors (Lipinski definition) is 1. The summed E-state index contributed by atoms with van der Waals surface area (Å²) in [7, 11) is 0. The highest BCUT2D eigenvalue weighted by molar-refractivity contribution is 7.18. The first kappa shape index (κ1) is 13.7. The number of aromatic carboxylic acids is 1. The number of nitrogens with zero attached hydrogens (tertiary/aromatic N) is 4. The molecule has 0 fully saturated rings. The first-order valence-electron chi connectivity index (χ1n) is 6.69. The molecule has 108 valence electrons. The Kier molecular flexibility index (Phi) is 3.66. The van der Waals surface area contributed by atoms with Gasteiger partial charge in [0.25, 0.3) is 0 Å². The Balaban J connectivity index is 1.95. The van der Waals surface area contributed by atoms with Gasteiger partial charge in [-0.2, -0.15) is 0 Å². The van der Waals surface area contributed by atoms with Gasteiger partial charge in [0.1, 0.15) is 5.01 Å². The smallest absolute Gasteiger partial charge is 0.358 e. The van der Waals surface area contributed by atoms with Crippen molar-refractivity contribution < 1.29 is 9.90 Å². The summed E-state index contributed by atoms with van der Waals surface area (Å²) in [4.78, 5) is 15.7. The first-order chi connectivity index (χ1) is 10.2. The highest BCUT2D eigenvalue weighted by atomic mass is 32.1. The van der Waals surface area contributed by atoms with Gasteiger partial charge in [0.15, 0.2) is 5.69 Å². The molecule has 0 aliphatic rings. The fourth-order valence-corrected chi connectivity index (χ4v) is 3.18.